The SMILES string of the molecule is CC(CNCC1CNCC1O)c1cccc(Br)c1. The number of rotatable bonds is 5. The molecule has 2 rings (SSSR count). The van der Waals surface area contributed by atoms with Crippen LogP contribution in [0.3, 0.4) is 0 Å². The van der Waals surface area contributed by atoms with E-state index in [0.717, 1.165) is 30.7 Å². The summed E-state index contributed by atoms with van der Waals surface area (Å²) in [5.41, 5.74) is 1.34. The maximum Gasteiger partial charge on any atom is 0.0716 e. The highest BCUT2D eigenvalue weighted by atomic mass is 79.9. The van der Waals surface area contributed by atoms with Gasteiger partial charge in [-0.25, -0.2) is 0 Å². The third-order valence-electron chi connectivity index (χ3n) is 3.58. The summed E-state index contributed by atoms with van der Waals surface area (Å²) >= 11 is 3.50. The lowest BCUT2D eigenvalue weighted by atomic mass is 10.0. The maximum absolute atomic E-state index is 9.70. The lowest BCUT2D eigenvalue weighted by Gasteiger charge is -2.17. The van der Waals surface area contributed by atoms with Gasteiger partial charge in [0.2, 0.25) is 0 Å². The molecular weight excluding hydrogens is 292 g/mol. The summed E-state index contributed by atoms with van der Waals surface area (Å²) in [5.74, 6) is 0.828. The Morgan fingerprint density at radius 2 is 2.33 bits per heavy atom. The number of hydrogen-bond acceptors (Lipinski definition) is 3. The molecule has 0 amide bonds. The fourth-order valence-corrected chi connectivity index (χ4v) is 2.76. The zero-order chi connectivity index (χ0) is 13.0. The van der Waals surface area contributed by atoms with E-state index in [0.29, 0.717) is 11.8 Å². The molecule has 1 aliphatic rings. The third kappa shape index (κ3) is 3.79. The lowest BCUT2D eigenvalue weighted by molar-refractivity contribution is 0.146. The largest absolute Gasteiger partial charge is 0.391 e. The van der Waals surface area contributed by atoms with E-state index in [1.54, 1.807) is 0 Å². The van der Waals surface area contributed by atoms with E-state index in [1.807, 2.05) is 6.07 Å². The van der Waals surface area contributed by atoms with Crippen LogP contribution in [-0.4, -0.2) is 37.4 Å². The zero-order valence-electron chi connectivity index (χ0n) is 10.7. The van der Waals surface area contributed by atoms with Crippen molar-refractivity contribution < 1.29 is 5.11 Å². The van der Waals surface area contributed by atoms with E-state index in [-0.39, 0.29) is 6.10 Å². The van der Waals surface area contributed by atoms with Crippen LogP contribution in [0.2, 0.25) is 0 Å². The van der Waals surface area contributed by atoms with Crippen molar-refractivity contribution >= 4 is 15.9 Å². The number of halogens is 1. The molecule has 3 atom stereocenters. The number of aliphatic hydroxyl groups is 1. The first-order valence-electron chi connectivity index (χ1n) is 6.52. The summed E-state index contributed by atoms with van der Waals surface area (Å²) in [6.07, 6.45) is -0.196. The fourth-order valence-electron chi connectivity index (χ4n) is 2.34. The average molecular weight is 313 g/mol. The van der Waals surface area contributed by atoms with Crippen molar-refractivity contribution in [3.05, 3.63) is 34.3 Å². The Morgan fingerprint density at radius 3 is 3.00 bits per heavy atom. The van der Waals surface area contributed by atoms with Crippen LogP contribution in [0, 0.1) is 5.92 Å². The van der Waals surface area contributed by atoms with Gasteiger partial charge in [0.1, 0.15) is 0 Å². The molecular formula is C14H21BrN2O. The molecule has 0 radical (unpaired) electrons. The number of aliphatic hydroxyl groups excluding tert-OH is 1. The minimum atomic E-state index is -0.196. The minimum Gasteiger partial charge on any atom is -0.391 e. The second-order valence-electron chi connectivity index (χ2n) is 5.10. The van der Waals surface area contributed by atoms with Gasteiger partial charge in [0, 0.05) is 36.6 Å². The molecule has 1 aromatic carbocycles. The molecule has 0 saturated carbocycles. The van der Waals surface area contributed by atoms with Crippen LogP contribution < -0.4 is 10.6 Å². The van der Waals surface area contributed by atoms with Gasteiger partial charge in [-0.1, -0.05) is 35.0 Å². The Hall–Kier alpha value is -0.420. The molecule has 1 aromatic rings. The normalized spacial score (nSPS) is 25.3. The second kappa shape index (κ2) is 6.66. The molecule has 1 heterocycles. The Labute approximate surface area is 117 Å². The number of β-amino-alcohol motifs (C(OH)–C–C–N with tert-alkyl or cyclic N) is 1. The molecule has 100 valence electrons. The molecule has 1 aliphatic heterocycles. The van der Waals surface area contributed by atoms with Crippen LogP contribution in [0.25, 0.3) is 0 Å². The predicted molar refractivity (Wildman–Crippen MR) is 77.8 cm³/mol. The van der Waals surface area contributed by atoms with Crippen LogP contribution in [0.1, 0.15) is 18.4 Å². The van der Waals surface area contributed by atoms with Gasteiger partial charge in [-0.15, -0.1) is 0 Å². The topological polar surface area (TPSA) is 44.3 Å². The predicted octanol–water partition coefficient (Wildman–Crippen LogP) is 1.72. The van der Waals surface area contributed by atoms with Crippen molar-refractivity contribution in [2.45, 2.75) is 18.9 Å². The maximum atomic E-state index is 9.70. The molecule has 3 unspecified atom stereocenters. The first-order chi connectivity index (χ1) is 8.66. The summed E-state index contributed by atoms with van der Waals surface area (Å²) in [6.45, 7) is 5.69. The van der Waals surface area contributed by atoms with Gasteiger partial charge >= 0.3 is 0 Å². The molecule has 1 saturated heterocycles. The Kier molecular flexibility index (Phi) is 5.18. The third-order valence-corrected chi connectivity index (χ3v) is 4.07. The smallest absolute Gasteiger partial charge is 0.0716 e. The monoisotopic (exact) mass is 312 g/mol. The molecule has 0 spiro atoms. The highest BCUT2D eigenvalue weighted by Crippen LogP contribution is 2.19. The fraction of sp³-hybridized carbons (Fsp3) is 0.571. The molecule has 0 aromatic heterocycles. The van der Waals surface area contributed by atoms with E-state index in [1.165, 1.54) is 5.56 Å². The second-order valence-corrected chi connectivity index (χ2v) is 6.02. The van der Waals surface area contributed by atoms with E-state index >= 15 is 0 Å². The van der Waals surface area contributed by atoms with Crippen LogP contribution >= 0.6 is 15.9 Å². The summed E-state index contributed by atoms with van der Waals surface area (Å²) in [7, 11) is 0. The van der Waals surface area contributed by atoms with E-state index in [4.69, 9.17) is 0 Å². The Bertz CT molecular complexity index is 386. The van der Waals surface area contributed by atoms with Crippen molar-refractivity contribution in [1.82, 2.24) is 10.6 Å². The van der Waals surface area contributed by atoms with E-state index < -0.39 is 0 Å². The van der Waals surface area contributed by atoms with Gasteiger partial charge < -0.3 is 15.7 Å². The van der Waals surface area contributed by atoms with Crippen LogP contribution in [-0.2, 0) is 0 Å². The van der Waals surface area contributed by atoms with Crippen molar-refractivity contribution in [1.29, 1.82) is 0 Å². The lowest BCUT2D eigenvalue weighted by Crippen LogP contribution is -2.32. The zero-order valence-corrected chi connectivity index (χ0v) is 12.3. The summed E-state index contributed by atoms with van der Waals surface area (Å²) in [4.78, 5) is 0. The molecule has 3 nitrogen and oxygen atoms in total. The van der Waals surface area contributed by atoms with Gasteiger partial charge in [0.15, 0.2) is 0 Å². The highest BCUT2D eigenvalue weighted by molar-refractivity contribution is 9.10. The Balaban J connectivity index is 1.76. The van der Waals surface area contributed by atoms with E-state index in [2.05, 4.69) is 51.7 Å². The average Bonchev–Trinajstić information content (AvgIpc) is 2.75. The molecule has 3 N–H and O–H groups in total. The van der Waals surface area contributed by atoms with Crippen LogP contribution in [0.5, 0.6) is 0 Å². The summed E-state index contributed by atoms with van der Waals surface area (Å²) in [6, 6.07) is 8.44. The quantitative estimate of drug-likeness (QED) is 0.776. The standard InChI is InChI=1S/C14H21BrN2O/c1-10(11-3-2-4-13(15)5-11)6-16-7-12-8-17-9-14(12)18/h2-5,10,12,14,16-18H,6-9H2,1H3. The first-order valence-corrected chi connectivity index (χ1v) is 7.31. The molecule has 18 heavy (non-hydrogen) atoms. The molecule has 4 heteroatoms. The van der Waals surface area contributed by atoms with Crippen molar-refractivity contribution in [2.75, 3.05) is 26.2 Å². The molecule has 0 bridgehead atoms. The van der Waals surface area contributed by atoms with Gasteiger partial charge in [-0.05, 0) is 23.6 Å². The van der Waals surface area contributed by atoms with Gasteiger partial charge in [-0.2, -0.15) is 0 Å². The van der Waals surface area contributed by atoms with Gasteiger partial charge in [0.05, 0.1) is 6.10 Å². The molecule has 1 fully saturated rings. The van der Waals surface area contributed by atoms with Crippen molar-refractivity contribution in [2.24, 2.45) is 5.92 Å². The van der Waals surface area contributed by atoms with Crippen molar-refractivity contribution in [3.8, 4) is 0 Å². The van der Waals surface area contributed by atoms with E-state index in [9.17, 15) is 5.11 Å². The van der Waals surface area contributed by atoms with Crippen LogP contribution in [0.15, 0.2) is 28.7 Å². The van der Waals surface area contributed by atoms with Gasteiger partial charge in [0.25, 0.3) is 0 Å². The van der Waals surface area contributed by atoms with Crippen LogP contribution in [0.4, 0.5) is 0 Å². The van der Waals surface area contributed by atoms with Gasteiger partial charge in [-0.3, -0.25) is 0 Å². The summed E-state index contributed by atoms with van der Waals surface area (Å²) < 4.78 is 1.13. The van der Waals surface area contributed by atoms with Crippen molar-refractivity contribution in [3.63, 3.8) is 0 Å². The number of benzene rings is 1. The Morgan fingerprint density at radius 1 is 1.50 bits per heavy atom. The first kappa shape index (κ1) is 14.0. The highest BCUT2D eigenvalue weighted by Gasteiger charge is 2.24. The number of hydrogen-bond donors (Lipinski definition) is 3. The summed E-state index contributed by atoms with van der Waals surface area (Å²) in [5, 5.41) is 16.4. The molecule has 0 aliphatic carbocycles. The minimum absolute atomic E-state index is 0.196. The number of nitrogens with one attached hydrogen (secondary N) is 2.